The summed E-state index contributed by atoms with van der Waals surface area (Å²) >= 11 is 1.61. The van der Waals surface area contributed by atoms with E-state index in [0.29, 0.717) is 24.3 Å². The number of sulfonamides is 1. The average molecular weight is 432 g/mol. The molecule has 0 unspecified atom stereocenters. The fourth-order valence-corrected chi connectivity index (χ4v) is 6.14. The number of nitrogens with two attached hydrogens (primary N) is 1. The molecule has 4 rings (SSSR count). The molecule has 0 radical (unpaired) electrons. The standard InChI is InChI=1S/C20H21N3O4S2/c1-13-5-7-14(8-6-13)20-10-9-18(24)23(20)17(12-28-20)19(25)22-15-3-2-4-16(11-15)29(21,26)27/h2-8,11,17H,9-10,12H2,1H3,(H,22,25)(H2,21,26,27)/t17-,20-/m1/s1. The van der Waals surface area contributed by atoms with Gasteiger partial charge < -0.3 is 10.2 Å². The van der Waals surface area contributed by atoms with E-state index >= 15 is 0 Å². The lowest BCUT2D eigenvalue weighted by Crippen LogP contribution is -2.48. The van der Waals surface area contributed by atoms with E-state index in [-0.39, 0.29) is 16.7 Å². The van der Waals surface area contributed by atoms with Crippen LogP contribution in [-0.4, -0.2) is 36.9 Å². The highest BCUT2D eigenvalue weighted by Gasteiger charge is 2.56. The number of nitrogens with zero attached hydrogens (tertiary/aromatic N) is 1. The number of aryl methyl sites for hydroxylation is 1. The molecule has 29 heavy (non-hydrogen) atoms. The Kier molecular flexibility index (Phi) is 4.92. The summed E-state index contributed by atoms with van der Waals surface area (Å²) in [6, 6.07) is 13.2. The fourth-order valence-electron chi connectivity index (χ4n) is 3.93. The number of thioether (sulfide) groups is 1. The van der Waals surface area contributed by atoms with Crippen molar-refractivity contribution >= 4 is 39.3 Å². The zero-order chi connectivity index (χ0) is 20.8. The van der Waals surface area contributed by atoms with Crippen molar-refractivity contribution in [3.63, 3.8) is 0 Å². The van der Waals surface area contributed by atoms with Crippen LogP contribution in [0.2, 0.25) is 0 Å². The van der Waals surface area contributed by atoms with Gasteiger partial charge in [-0.05, 0) is 37.1 Å². The van der Waals surface area contributed by atoms with Crippen molar-refractivity contribution in [3.05, 3.63) is 59.7 Å². The number of amides is 2. The van der Waals surface area contributed by atoms with Crippen LogP contribution in [0.25, 0.3) is 0 Å². The van der Waals surface area contributed by atoms with Gasteiger partial charge in [-0.1, -0.05) is 35.9 Å². The average Bonchev–Trinajstić information content (AvgIpc) is 3.21. The van der Waals surface area contributed by atoms with Crippen LogP contribution in [0.15, 0.2) is 53.4 Å². The minimum Gasteiger partial charge on any atom is -0.324 e. The second-order valence-corrected chi connectivity index (χ2v) is 10.2. The second kappa shape index (κ2) is 7.16. The summed E-state index contributed by atoms with van der Waals surface area (Å²) in [5.74, 6) is 0.0858. The Bertz CT molecular complexity index is 1090. The van der Waals surface area contributed by atoms with Crippen molar-refractivity contribution in [1.82, 2.24) is 4.90 Å². The summed E-state index contributed by atoms with van der Waals surface area (Å²) in [7, 11) is -3.87. The molecule has 2 heterocycles. The summed E-state index contributed by atoms with van der Waals surface area (Å²) in [5.41, 5.74) is 2.48. The van der Waals surface area contributed by atoms with Crippen LogP contribution in [0.5, 0.6) is 0 Å². The quantitative estimate of drug-likeness (QED) is 0.771. The fraction of sp³-hybridized carbons (Fsp3) is 0.300. The molecule has 0 saturated carbocycles. The van der Waals surface area contributed by atoms with Crippen molar-refractivity contribution in [2.24, 2.45) is 5.14 Å². The lowest BCUT2D eigenvalue weighted by atomic mass is 10.0. The van der Waals surface area contributed by atoms with Crippen molar-refractivity contribution < 1.29 is 18.0 Å². The number of carbonyl (C=O) groups is 2. The molecule has 0 bridgehead atoms. The summed E-state index contributed by atoms with van der Waals surface area (Å²) in [5, 5.41) is 7.90. The predicted octanol–water partition coefficient (Wildman–Crippen LogP) is 2.17. The van der Waals surface area contributed by atoms with Crippen LogP contribution in [0.3, 0.4) is 0 Å². The molecule has 7 nitrogen and oxygen atoms in total. The number of hydrogen-bond donors (Lipinski definition) is 2. The molecule has 9 heteroatoms. The van der Waals surface area contributed by atoms with Gasteiger partial charge in [0.25, 0.3) is 0 Å². The van der Waals surface area contributed by atoms with Gasteiger partial charge in [0, 0.05) is 17.9 Å². The van der Waals surface area contributed by atoms with Crippen LogP contribution < -0.4 is 10.5 Å². The first-order chi connectivity index (χ1) is 13.7. The number of carbonyl (C=O) groups excluding carboxylic acids is 2. The summed E-state index contributed by atoms with van der Waals surface area (Å²) < 4.78 is 23.1. The Labute approximate surface area is 173 Å². The number of hydrogen-bond acceptors (Lipinski definition) is 5. The van der Waals surface area contributed by atoms with Gasteiger partial charge in [-0.3, -0.25) is 9.59 Å². The van der Waals surface area contributed by atoms with E-state index in [2.05, 4.69) is 5.32 Å². The van der Waals surface area contributed by atoms with E-state index in [0.717, 1.165) is 11.1 Å². The molecular weight excluding hydrogens is 410 g/mol. The van der Waals surface area contributed by atoms with Crippen molar-refractivity contribution in [2.45, 2.75) is 35.6 Å². The molecule has 0 aliphatic carbocycles. The molecular formula is C20H21N3O4S2. The summed E-state index contributed by atoms with van der Waals surface area (Å²) in [4.78, 5) is 26.8. The van der Waals surface area contributed by atoms with Gasteiger partial charge in [-0.2, -0.15) is 0 Å². The lowest BCUT2D eigenvalue weighted by molar-refractivity contribution is -0.136. The Morgan fingerprint density at radius 1 is 1.24 bits per heavy atom. The largest absolute Gasteiger partial charge is 0.324 e. The SMILES string of the molecule is Cc1ccc([C@]23CCC(=O)N2[C@@H](C(=O)Nc2cccc(S(N)(=O)=O)c2)CS3)cc1. The predicted molar refractivity (Wildman–Crippen MR) is 112 cm³/mol. The maximum atomic E-state index is 13.0. The third-order valence-electron chi connectivity index (χ3n) is 5.36. The number of rotatable bonds is 4. The highest BCUT2D eigenvalue weighted by atomic mass is 32.2. The third kappa shape index (κ3) is 3.54. The number of anilines is 1. The molecule has 0 aromatic heterocycles. The first kappa shape index (κ1) is 19.9. The van der Waals surface area contributed by atoms with Crippen LogP contribution >= 0.6 is 11.8 Å². The third-order valence-corrected chi connectivity index (χ3v) is 7.87. The summed E-state index contributed by atoms with van der Waals surface area (Å²) in [6.07, 6.45) is 1.05. The van der Waals surface area contributed by atoms with Gasteiger partial charge in [0.05, 0.1) is 4.90 Å². The summed E-state index contributed by atoms with van der Waals surface area (Å²) in [6.45, 7) is 2.01. The zero-order valence-electron chi connectivity index (χ0n) is 15.8. The Hall–Kier alpha value is -2.36. The molecule has 2 aromatic carbocycles. The van der Waals surface area contributed by atoms with Gasteiger partial charge in [0.1, 0.15) is 10.9 Å². The highest BCUT2D eigenvalue weighted by molar-refractivity contribution is 8.00. The molecule has 2 fully saturated rings. The minimum absolute atomic E-state index is 0.0472. The molecule has 3 N–H and O–H groups in total. The second-order valence-electron chi connectivity index (χ2n) is 7.30. The molecule has 152 valence electrons. The Morgan fingerprint density at radius 3 is 2.66 bits per heavy atom. The molecule has 2 amide bonds. The van der Waals surface area contributed by atoms with Crippen molar-refractivity contribution in [2.75, 3.05) is 11.1 Å². The van der Waals surface area contributed by atoms with Crippen LogP contribution in [-0.2, 0) is 24.5 Å². The Morgan fingerprint density at radius 2 is 1.97 bits per heavy atom. The van der Waals surface area contributed by atoms with Gasteiger partial charge in [-0.25, -0.2) is 13.6 Å². The minimum atomic E-state index is -3.87. The monoisotopic (exact) mass is 431 g/mol. The van der Waals surface area contributed by atoms with E-state index < -0.39 is 20.9 Å². The molecule has 2 aliphatic heterocycles. The number of nitrogens with one attached hydrogen (secondary N) is 1. The molecule has 0 spiro atoms. The van der Waals surface area contributed by atoms with E-state index in [1.54, 1.807) is 22.7 Å². The van der Waals surface area contributed by atoms with Gasteiger partial charge in [0.15, 0.2) is 0 Å². The van der Waals surface area contributed by atoms with E-state index in [4.69, 9.17) is 5.14 Å². The first-order valence-corrected chi connectivity index (χ1v) is 11.7. The van der Waals surface area contributed by atoms with Gasteiger partial charge >= 0.3 is 0 Å². The van der Waals surface area contributed by atoms with Crippen molar-refractivity contribution in [1.29, 1.82) is 0 Å². The van der Waals surface area contributed by atoms with Gasteiger partial charge in [0.2, 0.25) is 21.8 Å². The number of fused-ring (bicyclic) bond motifs is 1. The highest BCUT2D eigenvalue weighted by Crippen LogP contribution is 2.54. The van der Waals surface area contributed by atoms with E-state index in [1.807, 2.05) is 31.2 Å². The maximum absolute atomic E-state index is 13.0. The van der Waals surface area contributed by atoms with Crippen LogP contribution in [0.1, 0.15) is 24.0 Å². The van der Waals surface area contributed by atoms with E-state index in [9.17, 15) is 18.0 Å². The van der Waals surface area contributed by atoms with Crippen molar-refractivity contribution in [3.8, 4) is 0 Å². The molecule has 2 saturated heterocycles. The van der Waals surface area contributed by atoms with Crippen LogP contribution in [0, 0.1) is 6.92 Å². The Balaban J connectivity index is 1.60. The van der Waals surface area contributed by atoms with Gasteiger partial charge in [-0.15, -0.1) is 11.8 Å². The number of benzene rings is 2. The van der Waals surface area contributed by atoms with E-state index in [1.165, 1.54) is 18.2 Å². The molecule has 2 aliphatic rings. The normalized spacial score (nSPS) is 23.9. The smallest absolute Gasteiger partial charge is 0.248 e. The topological polar surface area (TPSA) is 110 Å². The molecule has 2 atom stereocenters. The number of primary sulfonamides is 1. The first-order valence-electron chi connectivity index (χ1n) is 9.18. The maximum Gasteiger partial charge on any atom is 0.248 e. The zero-order valence-corrected chi connectivity index (χ0v) is 17.4. The molecule has 2 aromatic rings. The van der Waals surface area contributed by atoms with Crippen LogP contribution in [0.4, 0.5) is 5.69 Å². The lowest BCUT2D eigenvalue weighted by Gasteiger charge is -2.34.